The van der Waals surface area contributed by atoms with Crippen molar-refractivity contribution >= 4 is 0 Å². The summed E-state index contributed by atoms with van der Waals surface area (Å²) >= 11 is 0. The van der Waals surface area contributed by atoms with E-state index in [1.165, 1.54) is 5.56 Å². The summed E-state index contributed by atoms with van der Waals surface area (Å²) in [6.45, 7) is 1.11. The van der Waals surface area contributed by atoms with Gasteiger partial charge in [-0.15, -0.1) is 0 Å². The molecule has 2 atom stereocenters. The van der Waals surface area contributed by atoms with E-state index in [1.54, 1.807) is 0 Å². The van der Waals surface area contributed by atoms with Crippen LogP contribution in [-0.4, -0.2) is 24.1 Å². The smallest absolute Gasteiger partial charge is 0.154 e. The molecule has 0 radical (unpaired) electrons. The predicted molar refractivity (Wildman–Crippen MR) is 60.8 cm³/mol. The van der Waals surface area contributed by atoms with E-state index in [-0.39, 0.29) is 6.10 Å². The van der Waals surface area contributed by atoms with Crippen LogP contribution in [-0.2, 0) is 16.1 Å². The Bertz CT molecular complexity index is 299. The number of hydrogen-bond acceptors (Lipinski definition) is 3. The number of ether oxygens (including phenoxy) is 2. The molecule has 1 aromatic carbocycles. The van der Waals surface area contributed by atoms with Crippen LogP contribution in [0.25, 0.3) is 0 Å². The largest absolute Gasteiger partial charge is 0.371 e. The summed E-state index contributed by atoms with van der Waals surface area (Å²) in [6, 6.07) is 10.1. The lowest BCUT2D eigenvalue weighted by Gasteiger charge is -2.15. The number of benzene rings is 1. The molecule has 2 unspecified atom stereocenters. The third kappa shape index (κ3) is 3.59. The van der Waals surface area contributed by atoms with Crippen molar-refractivity contribution in [3.8, 4) is 0 Å². The molecule has 1 saturated heterocycles. The van der Waals surface area contributed by atoms with Crippen LogP contribution in [0.5, 0.6) is 0 Å². The zero-order valence-electron chi connectivity index (χ0n) is 9.34. The molecule has 0 spiro atoms. The molecule has 1 aliphatic heterocycles. The third-order valence-electron chi connectivity index (χ3n) is 2.78. The molecule has 0 bridgehead atoms. The van der Waals surface area contributed by atoms with Gasteiger partial charge >= 0.3 is 0 Å². The van der Waals surface area contributed by atoms with Gasteiger partial charge in [-0.05, 0) is 24.8 Å². The van der Waals surface area contributed by atoms with Gasteiger partial charge in [-0.25, -0.2) is 0 Å². The zero-order valence-corrected chi connectivity index (χ0v) is 9.34. The Labute approximate surface area is 96.0 Å². The first-order valence-corrected chi connectivity index (χ1v) is 5.80. The highest BCUT2D eigenvalue weighted by Crippen LogP contribution is 2.15. The van der Waals surface area contributed by atoms with E-state index in [9.17, 15) is 5.11 Å². The molecule has 1 N–H and O–H groups in total. The van der Waals surface area contributed by atoms with Crippen LogP contribution in [0.15, 0.2) is 30.3 Å². The third-order valence-corrected chi connectivity index (χ3v) is 2.78. The maximum Gasteiger partial charge on any atom is 0.154 e. The minimum Gasteiger partial charge on any atom is -0.371 e. The molecule has 0 saturated carbocycles. The van der Waals surface area contributed by atoms with E-state index in [0.717, 1.165) is 12.8 Å². The first-order chi connectivity index (χ1) is 7.84. The summed E-state index contributed by atoms with van der Waals surface area (Å²) in [7, 11) is 0. The summed E-state index contributed by atoms with van der Waals surface area (Å²) in [5, 5.41) is 9.31. The number of hydrogen-bond donors (Lipinski definition) is 1. The molecule has 0 amide bonds. The van der Waals surface area contributed by atoms with Crippen molar-refractivity contribution in [1.29, 1.82) is 0 Å². The van der Waals surface area contributed by atoms with Crippen molar-refractivity contribution in [2.24, 2.45) is 0 Å². The molecule has 0 aliphatic carbocycles. The summed E-state index contributed by atoms with van der Waals surface area (Å²) in [5.74, 6) is 0. The highest BCUT2D eigenvalue weighted by atomic mass is 16.6. The van der Waals surface area contributed by atoms with Gasteiger partial charge in [0, 0.05) is 0 Å². The average molecular weight is 222 g/mol. The van der Waals surface area contributed by atoms with Crippen molar-refractivity contribution in [2.75, 3.05) is 6.61 Å². The van der Waals surface area contributed by atoms with Gasteiger partial charge in [0.2, 0.25) is 0 Å². The lowest BCUT2D eigenvalue weighted by atomic mass is 10.2. The van der Waals surface area contributed by atoms with E-state index in [1.807, 2.05) is 30.3 Å². The SMILES string of the molecule is OC1CCCC(OCc2ccccc2)CO1. The lowest BCUT2D eigenvalue weighted by Crippen LogP contribution is -2.20. The molecule has 1 fully saturated rings. The van der Waals surface area contributed by atoms with Crippen LogP contribution >= 0.6 is 0 Å². The molecule has 1 aliphatic rings. The topological polar surface area (TPSA) is 38.7 Å². The summed E-state index contributed by atoms with van der Waals surface area (Å²) in [5.41, 5.74) is 1.17. The van der Waals surface area contributed by atoms with Gasteiger partial charge in [-0.1, -0.05) is 30.3 Å². The second kappa shape index (κ2) is 5.99. The Balaban J connectivity index is 1.77. The van der Waals surface area contributed by atoms with Gasteiger partial charge < -0.3 is 14.6 Å². The Hall–Kier alpha value is -0.900. The van der Waals surface area contributed by atoms with Gasteiger partial charge in [0.15, 0.2) is 6.29 Å². The van der Waals surface area contributed by atoms with Crippen LogP contribution < -0.4 is 0 Å². The second-order valence-electron chi connectivity index (χ2n) is 4.14. The molecule has 1 heterocycles. The Morgan fingerprint density at radius 2 is 2.06 bits per heavy atom. The number of rotatable bonds is 3. The van der Waals surface area contributed by atoms with Crippen LogP contribution in [0.2, 0.25) is 0 Å². The minimum absolute atomic E-state index is 0.109. The van der Waals surface area contributed by atoms with E-state index in [4.69, 9.17) is 9.47 Å². The summed E-state index contributed by atoms with van der Waals surface area (Å²) < 4.78 is 11.0. The Morgan fingerprint density at radius 1 is 1.25 bits per heavy atom. The maximum absolute atomic E-state index is 9.31. The molecule has 16 heavy (non-hydrogen) atoms. The Morgan fingerprint density at radius 3 is 2.88 bits per heavy atom. The number of aliphatic hydroxyl groups excluding tert-OH is 1. The fraction of sp³-hybridized carbons (Fsp3) is 0.538. The van der Waals surface area contributed by atoms with Crippen LogP contribution in [0, 0.1) is 0 Å². The van der Waals surface area contributed by atoms with Gasteiger partial charge in [-0.3, -0.25) is 0 Å². The van der Waals surface area contributed by atoms with E-state index in [0.29, 0.717) is 19.6 Å². The highest BCUT2D eigenvalue weighted by molar-refractivity contribution is 5.13. The van der Waals surface area contributed by atoms with Crippen LogP contribution in [0.1, 0.15) is 24.8 Å². The normalized spacial score (nSPS) is 26.3. The quantitative estimate of drug-likeness (QED) is 0.851. The summed E-state index contributed by atoms with van der Waals surface area (Å²) in [6.07, 6.45) is 2.14. The van der Waals surface area contributed by atoms with Crippen molar-refractivity contribution < 1.29 is 14.6 Å². The van der Waals surface area contributed by atoms with Gasteiger partial charge in [0.25, 0.3) is 0 Å². The molecular formula is C13H18O3. The Kier molecular flexibility index (Phi) is 4.34. The average Bonchev–Trinajstić information content (AvgIpc) is 2.53. The molecule has 0 aromatic heterocycles. The van der Waals surface area contributed by atoms with Gasteiger partial charge in [0.1, 0.15) is 0 Å². The van der Waals surface area contributed by atoms with Gasteiger partial charge in [-0.2, -0.15) is 0 Å². The minimum atomic E-state index is -0.606. The second-order valence-corrected chi connectivity index (χ2v) is 4.14. The standard InChI is InChI=1S/C13H18O3/c14-13-8-4-7-12(10-16-13)15-9-11-5-2-1-3-6-11/h1-3,5-6,12-14H,4,7-10H2. The fourth-order valence-electron chi connectivity index (χ4n) is 1.82. The van der Waals surface area contributed by atoms with Crippen molar-refractivity contribution in [3.05, 3.63) is 35.9 Å². The first-order valence-electron chi connectivity index (χ1n) is 5.80. The molecule has 2 rings (SSSR count). The monoisotopic (exact) mass is 222 g/mol. The molecular weight excluding hydrogens is 204 g/mol. The van der Waals surface area contributed by atoms with Crippen LogP contribution in [0.3, 0.4) is 0 Å². The fourth-order valence-corrected chi connectivity index (χ4v) is 1.82. The van der Waals surface area contributed by atoms with Crippen molar-refractivity contribution in [3.63, 3.8) is 0 Å². The van der Waals surface area contributed by atoms with Gasteiger partial charge in [0.05, 0.1) is 19.3 Å². The van der Waals surface area contributed by atoms with E-state index < -0.39 is 6.29 Å². The first kappa shape index (κ1) is 11.6. The number of aliphatic hydroxyl groups is 1. The molecule has 1 aromatic rings. The maximum atomic E-state index is 9.31. The summed E-state index contributed by atoms with van der Waals surface area (Å²) in [4.78, 5) is 0. The van der Waals surface area contributed by atoms with Crippen molar-refractivity contribution in [2.45, 2.75) is 38.3 Å². The molecule has 88 valence electrons. The predicted octanol–water partition coefficient (Wildman–Crippen LogP) is 2.09. The van der Waals surface area contributed by atoms with Crippen molar-refractivity contribution in [1.82, 2.24) is 0 Å². The van der Waals surface area contributed by atoms with E-state index >= 15 is 0 Å². The lowest BCUT2D eigenvalue weighted by molar-refractivity contribution is -0.121. The van der Waals surface area contributed by atoms with Crippen LogP contribution in [0.4, 0.5) is 0 Å². The highest BCUT2D eigenvalue weighted by Gasteiger charge is 2.17. The van der Waals surface area contributed by atoms with E-state index in [2.05, 4.69) is 0 Å². The molecule has 3 heteroatoms. The zero-order chi connectivity index (χ0) is 11.2. The molecule has 3 nitrogen and oxygen atoms in total.